The summed E-state index contributed by atoms with van der Waals surface area (Å²) in [7, 11) is 0. The van der Waals surface area contributed by atoms with Crippen LogP contribution in [0.3, 0.4) is 0 Å². The van der Waals surface area contributed by atoms with Crippen LogP contribution in [-0.4, -0.2) is 24.5 Å². The summed E-state index contributed by atoms with van der Waals surface area (Å²) in [6.45, 7) is 1.03. The minimum Gasteiger partial charge on any atom is -0.464 e. The second-order valence-corrected chi connectivity index (χ2v) is 5.59. The molecule has 1 aliphatic carbocycles. The Bertz CT molecular complexity index is 634. The molecule has 1 saturated heterocycles. The van der Waals surface area contributed by atoms with Crippen LogP contribution >= 0.6 is 0 Å². The summed E-state index contributed by atoms with van der Waals surface area (Å²) in [5.74, 6) is 0.608. The zero-order chi connectivity index (χ0) is 12.8. The number of carbonyl (C=O) groups excluding carboxylic acids is 1. The highest BCUT2D eigenvalue weighted by Gasteiger charge is 2.40. The standard InChI is InChI=1S/C15H16N2O2/c18-15(17-13-7-12-5-11(13)8-16-12)10-2-1-9-3-4-19-14(9)6-10/h1-4,6,11-13,16H,5,7-8H2,(H,17,18)/t11-,12-,13+/m1/s1. The van der Waals surface area contributed by atoms with Crippen molar-refractivity contribution in [2.75, 3.05) is 6.54 Å². The fourth-order valence-corrected chi connectivity index (χ4v) is 3.36. The lowest BCUT2D eigenvalue weighted by Crippen LogP contribution is -2.44. The number of hydrogen-bond donors (Lipinski definition) is 2. The molecular weight excluding hydrogens is 240 g/mol. The van der Waals surface area contributed by atoms with Gasteiger partial charge in [0.15, 0.2) is 0 Å². The molecule has 98 valence electrons. The molecule has 0 spiro atoms. The number of hydrogen-bond acceptors (Lipinski definition) is 3. The molecule has 2 aromatic rings. The number of nitrogens with one attached hydrogen (secondary N) is 2. The zero-order valence-corrected chi connectivity index (χ0v) is 10.6. The Morgan fingerprint density at radius 1 is 1.32 bits per heavy atom. The van der Waals surface area contributed by atoms with Crippen LogP contribution in [0.15, 0.2) is 34.9 Å². The van der Waals surface area contributed by atoms with Gasteiger partial charge in [-0.1, -0.05) is 6.07 Å². The fraction of sp³-hybridized carbons (Fsp3) is 0.400. The third-order valence-corrected chi connectivity index (χ3v) is 4.40. The van der Waals surface area contributed by atoms with Crippen LogP contribution in [0.25, 0.3) is 11.0 Å². The van der Waals surface area contributed by atoms with Crippen LogP contribution in [0.1, 0.15) is 23.2 Å². The van der Waals surface area contributed by atoms with E-state index in [-0.39, 0.29) is 5.91 Å². The average Bonchev–Trinajstić information content (AvgIpc) is 3.13. The summed E-state index contributed by atoms with van der Waals surface area (Å²) in [5, 5.41) is 7.64. The highest BCUT2D eigenvalue weighted by Crippen LogP contribution is 2.31. The van der Waals surface area contributed by atoms with Gasteiger partial charge in [-0.3, -0.25) is 4.79 Å². The van der Waals surface area contributed by atoms with E-state index in [2.05, 4.69) is 10.6 Å². The van der Waals surface area contributed by atoms with Gasteiger partial charge in [-0.25, -0.2) is 0 Å². The predicted octanol–water partition coefficient (Wildman–Crippen LogP) is 1.91. The third-order valence-electron chi connectivity index (χ3n) is 4.40. The molecule has 1 aromatic carbocycles. The molecule has 2 bridgehead atoms. The number of rotatable bonds is 2. The maximum Gasteiger partial charge on any atom is 0.251 e. The lowest BCUT2D eigenvalue weighted by molar-refractivity contribution is 0.0925. The van der Waals surface area contributed by atoms with E-state index in [9.17, 15) is 4.79 Å². The molecule has 0 radical (unpaired) electrons. The number of benzene rings is 1. The maximum absolute atomic E-state index is 12.3. The molecule has 1 aromatic heterocycles. The van der Waals surface area contributed by atoms with Crippen molar-refractivity contribution in [3.8, 4) is 0 Å². The Labute approximate surface area is 111 Å². The third kappa shape index (κ3) is 1.83. The lowest BCUT2D eigenvalue weighted by Gasteiger charge is -2.23. The largest absolute Gasteiger partial charge is 0.464 e. The number of furan rings is 1. The van der Waals surface area contributed by atoms with Gasteiger partial charge in [0.2, 0.25) is 0 Å². The molecule has 19 heavy (non-hydrogen) atoms. The van der Waals surface area contributed by atoms with E-state index in [1.165, 1.54) is 6.42 Å². The summed E-state index contributed by atoms with van der Waals surface area (Å²) in [5.41, 5.74) is 1.44. The van der Waals surface area contributed by atoms with E-state index in [1.54, 1.807) is 6.26 Å². The van der Waals surface area contributed by atoms with Gasteiger partial charge in [-0.05, 0) is 37.0 Å². The number of carbonyl (C=O) groups is 1. The number of fused-ring (bicyclic) bond motifs is 3. The van der Waals surface area contributed by atoms with Gasteiger partial charge in [0.05, 0.1) is 6.26 Å². The monoisotopic (exact) mass is 256 g/mol. The maximum atomic E-state index is 12.3. The van der Waals surface area contributed by atoms with Gasteiger partial charge in [0.25, 0.3) is 5.91 Å². The van der Waals surface area contributed by atoms with Crippen LogP contribution in [-0.2, 0) is 0 Å². The van der Waals surface area contributed by atoms with Gasteiger partial charge < -0.3 is 15.1 Å². The zero-order valence-electron chi connectivity index (χ0n) is 10.6. The van der Waals surface area contributed by atoms with Crippen LogP contribution in [0, 0.1) is 5.92 Å². The Morgan fingerprint density at radius 3 is 3.05 bits per heavy atom. The van der Waals surface area contributed by atoms with Crippen molar-refractivity contribution in [1.82, 2.24) is 10.6 Å². The lowest BCUT2D eigenvalue weighted by atomic mass is 10.0. The smallest absolute Gasteiger partial charge is 0.251 e. The first kappa shape index (κ1) is 11.1. The van der Waals surface area contributed by atoms with Gasteiger partial charge in [0.1, 0.15) is 5.58 Å². The Morgan fingerprint density at radius 2 is 2.26 bits per heavy atom. The van der Waals surface area contributed by atoms with Crippen molar-refractivity contribution in [3.05, 3.63) is 36.1 Å². The summed E-state index contributed by atoms with van der Waals surface area (Å²) < 4.78 is 5.34. The molecular formula is C15H16N2O2. The predicted molar refractivity (Wildman–Crippen MR) is 72.0 cm³/mol. The van der Waals surface area contributed by atoms with E-state index in [0.29, 0.717) is 23.6 Å². The number of amides is 1. The topological polar surface area (TPSA) is 54.3 Å². The van der Waals surface area contributed by atoms with Crippen molar-refractivity contribution in [1.29, 1.82) is 0 Å². The molecule has 2 fully saturated rings. The normalized spacial score (nSPS) is 28.9. The van der Waals surface area contributed by atoms with Gasteiger partial charge >= 0.3 is 0 Å². The molecule has 2 heterocycles. The van der Waals surface area contributed by atoms with Crippen molar-refractivity contribution in [2.24, 2.45) is 5.92 Å². The SMILES string of the molecule is O=C(N[C@H]1C[C@H]2C[C@@H]1CN2)c1ccc2ccoc2c1. The average molecular weight is 256 g/mol. The molecule has 4 nitrogen and oxygen atoms in total. The molecule has 0 unspecified atom stereocenters. The molecule has 2 aliphatic rings. The van der Waals surface area contributed by atoms with Crippen LogP contribution < -0.4 is 10.6 Å². The Balaban J connectivity index is 1.53. The minimum atomic E-state index is 0.0100. The van der Waals surface area contributed by atoms with Crippen LogP contribution in [0.5, 0.6) is 0 Å². The summed E-state index contributed by atoms with van der Waals surface area (Å²) in [4.78, 5) is 12.3. The second-order valence-electron chi connectivity index (χ2n) is 5.59. The minimum absolute atomic E-state index is 0.0100. The molecule has 1 amide bonds. The Hall–Kier alpha value is -1.81. The van der Waals surface area contributed by atoms with E-state index >= 15 is 0 Å². The summed E-state index contributed by atoms with van der Waals surface area (Å²) in [6.07, 6.45) is 3.90. The van der Waals surface area contributed by atoms with E-state index < -0.39 is 0 Å². The molecule has 4 heteroatoms. The highest BCUT2D eigenvalue weighted by molar-refractivity contribution is 5.97. The fourth-order valence-electron chi connectivity index (χ4n) is 3.36. The van der Waals surface area contributed by atoms with Crippen molar-refractivity contribution < 1.29 is 9.21 Å². The van der Waals surface area contributed by atoms with Gasteiger partial charge in [0, 0.05) is 29.6 Å². The molecule has 1 aliphatic heterocycles. The highest BCUT2D eigenvalue weighted by atomic mass is 16.3. The number of piperidine rings is 1. The summed E-state index contributed by atoms with van der Waals surface area (Å²) >= 11 is 0. The first-order valence-corrected chi connectivity index (χ1v) is 6.81. The second kappa shape index (κ2) is 4.10. The van der Waals surface area contributed by atoms with Crippen molar-refractivity contribution in [3.63, 3.8) is 0 Å². The molecule has 1 saturated carbocycles. The molecule has 2 N–H and O–H groups in total. The first-order chi connectivity index (χ1) is 9.29. The van der Waals surface area contributed by atoms with Crippen LogP contribution in [0.4, 0.5) is 0 Å². The van der Waals surface area contributed by atoms with Crippen molar-refractivity contribution >= 4 is 16.9 Å². The van der Waals surface area contributed by atoms with Gasteiger partial charge in [-0.2, -0.15) is 0 Å². The molecule has 3 atom stereocenters. The van der Waals surface area contributed by atoms with Gasteiger partial charge in [-0.15, -0.1) is 0 Å². The van der Waals surface area contributed by atoms with E-state index in [0.717, 1.165) is 23.9 Å². The summed E-state index contributed by atoms with van der Waals surface area (Å²) in [6, 6.07) is 8.43. The first-order valence-electron chi connectivity index (χ1n) is 6.81. The van der Waals surface area contributed by atoms with Crippen LogP contribution in [0.2, 0.25) is 0 Å². The quantitative estimate of drug-likeness (QED) is 0.863. The Kier molecular flexibility index (Phi) is 2.38. The van der Waals surface area contributed by atoms with E-state index in [4.69, 9.17) is 4.42 Å². The van der Waals surface area contributed by atoms with E-state index in [1.807, 2.05) is 24.3 Å². The van der Waals surface area contributed by atoms with Crippen molar-refractivity contribution in [2.45, 2.75) is 24.9 Å². The molecule has 4 rings (SSSR count).